The first-order valence-corrected chi connectivity index (χ1v) is 6.70. The molecule has 2 rings (SSSR count). The van der Waals surface area contributed by atoms with Gasteiger partial charge in [0.15, 0.2) is 11.6 Å². The summed E-state index contributed by atoms with van der Waals surface area (Å²) in [6, 6.07) is 0.765. The highest BCUT2D eigenvalue weighted by atomic mass is 19.2. The fraction of sp³-hybridized carbons (Fsp3) is 0.333. The van der Waals surface area contributed by atoms with Crippen LogP contribution in [0.2, 0.25) is 0 Å². The summed E-state index contributed by atoms with van der Waals surface area (Å²) in [4.78, 5) is 15.6. The van der Waals surface area contributed by atoms with E-state index in [-0.39, 0.29) is 35.1 Å². The van der Waals surface area contributed by atoms with E-state index in [9.17, 15) is 23.8 Å². The average molecular weight is 311 g/mol. The predicted molar refractivity (Wildman–Crippen MR) is 74.7 cm³/mol. The summed E-state index contributed by atoms with van der Waals surface area (Å²) < 4.78 is 32.4. The van der Waals surface area contributed by atoms with Crippen LogP contribution >= 0.6 is 0 Å². The van der Waals surface area contributed by atoms with Crippen molar-refractivity contribution >= 4 is 16.9 Å². The van der Waals surface area contributed by atoms with Crippen molar-refractivity contribution in [2.45, 2.75) is 26.4 Å². The second-order valence-corrected chi connectivity index (χ2v) is 4.84. The molecule has 1 aromatic carbocycles. The van der Waals surface area contributed by atoms with Gasteiger partial charge in [0.2, 0.25) is 0 Å². The van der Waals surface area contributed by atoms with Crippen LogP contribution in [-0.2, 0) is 11.2 Å². The van der Waals surface area contributed by atoms with E-state index in [0.29, 0.717) is 0 Å². The molecule has 0 aliphatic rings. The first kappa shape index (κ1) is 16.1. The van der Waals surface area contributed by atoms with E-state index < -0.39 is 29.5 Å². The van der Waals surface area contributed by atoms with E-state index in [1.807, 2.05) is 0 Å². The topological polar surface area (TPSA) is 79.7 Å². The second-order valence-electron chi connectivity index (χ2n) is 4.84. The van der Waals surface area contributed by atoms with Gasteiger partial charge in [0.05, 0.1) is 18.2 Å². The van der Waals surface area contributed by atoms with Crippen LogP contribution in [0.25, 0.3) is 10.9 Å². The minimum absolute atomic E-state index is 0.00894. The van der Waals surface area contributed by atoms with Crippen molar-refractivity contribution in [3.05, 3.63) is 35.0 Å². The minimum Gasteiger partial charge on any atom is -0.506 e. The lowest BCUT2D eigenvalue weighted by Gasteiger charge is -2.12. The second kappa shape index (κ2) is 6.23. The number of hydrogen-bond acceptors (Lipinski definition) is 5. The number of benzene rings is 1. The van der Waals surface area contributed by atoms with Crippen LogP contribution < -0.4 is 0 Å². The number of halogens is 2. The van der Waals surface area contributed by atoms with Gasteiger partial charge >= 0.3 is 5.97 Å². The molecule has 0 aliphatic carbocycles. The van der Waals surface area contributed by atoms with E-state index in [1.165, 1.54) is 6.92 Å². The normalized spacial score (nSPS) is 12.4. The van der Waals surface area contributed by atoms with Gasteiger partial charge in [-0.25, -0.2) is 13.6 Å². The maximum absolute atomic E-state index is 13.9. The molecule has 0 radical (unpaired) electrons. The number of nitrogens with zero attached hydrogens (tertiary/aromatic N) is 1. The third-order valence-electron chi connectivity index (χ3n) is 3.11. The monoisotopic (exact) mass is 311 g/mol. The Kier molecular flexibility index (Phi) is 4.56. The van der Waals surface area contributed by atoms with E-state index in [1.54, 1.807) is 6.92 Å². The molecule has 1 aromatic heterocycles. The Morgan fingerprint density at radius 2 is 2.14 bits per heavy atom. The van der Waals surface area contributed by atoms with Gasteiger partial charge in [-0.1, -0.05) is 0 Å². The highest BCUT2D eigenvalue weighted by Gasteiger charge is 2.22. The Bertz CT molecular complexity index is 731. The van der Waals surface area contributed by atoms with E-state index in [2.05, 4.69) is 4.98 Å². The molecule has 1 heterocycles. The number of hydrogen-bond donors (Lipinski definition) is 2. The molecule has 0 fully saturated rings. The van der Waals surface area contributed by atoms with Crippen LogP contribution in [0.3, 0.4) is 0 Å². The number of aliphatic hydroxyl groups is 1. The lowest BCUT2D eigenvalue weighted by Crippen LogP contribution is -2.10. The van der Waals surface area contributed by atoms with Crippen LogP contribution in [0, 0.1) is 11.6 Å². The summed E-state index contributed by atoms with van der Waals surface area (Å²) in [6.07, 6.45) is -0.0581. The molecule has 5 nitrogen and oxygen atoms in total. The molecule has 22 heavy (non-hydrogen) atoms. The number of ether oxygens (including phenoxy) is 1. The zero-order chi connectivity index (χ0) is 16.4. The van der Waals surface area contributed by atoms with Crippen molar-refractivity contribution in [1.29, 1.82) is 0 Å². The lowest BCUT2D eigenvalue weighted by atomic mass is 10.0. The minimum atomic E-state index is -1.19. The van der Waals surface area contributed by atoms with Crippen LogP contribution in [0.4, 0.5) is 8.78 Å². The highest BCUT2D eigenvalue weighted by molar-refractivity contribution is 6.00. The molecule has 0 saturated carbocycles. The fourth-order valence-electron chi connectivity index (χ4n) is 2.17. The number of aliphatic hydroxyl groups excluding tert-OH is 1. The predicted octanol–water partition coefficient (Wildman–Crippen LogP) is 2.32. The zero-order valence-electron chi connectivity index (χ0n) is 12.1. The van der Waals surface area contributed by atoms with Gasteiger partial charge < -0.3 is 14.9 Å². The Labute approximate surface area is 125 Å². The smallest absolute Gasteiger partial charge is 0.343 e. The Hall–Kier alpha value is -2.28. The molecule has 0 spiro atoms. The Morgan fingerprint density at radius 3 is 2.73 bits per heavy atom. The van der Waals surface area contributed by atoms with Crippen molar-refractivity contribution in [3.8, 4) is 5.75 Å². The number of carbonyl (C=O) groups excluding carboxylic acids is 1. The first-order chi connectivity index (χ1) is 10.4. The number of rotatable bonds is 4. The van der Waals surface area contributed by atoms with E-state index in [0.717, 1.165) is 12.3 Å². The van der Waals surface area contributed by atoms with Gasteiger partial charge in [-0.15, -0.1) is 0 Å². The van der Waals surface area contributed by atoms with Gasteiger partial charge in [0.1, 0.15) is 11.3 Å². The quantitative estimate of drug-likeness (QED) is 0.847. The Balaban J connectivity index is 2.70. The zero-order valence-corrected chi connectivity index (χ0v) is 12.1. The molecule has 2 N–H and O–H groups in total. The van der Waals surface area contributed by atoms with Crippen LogP contribution in [0.5, 0.6) is 5.75 Å². The largest absolute Gasteiger partial charge is 0.506 e. The molecule has 0 aliphatic heterocycles. The first-order valence-electron chi connectivity index (χ1n) is 6.70. The summed E-state index contributed by atoms with van der Waals surface area (Å²) in [5, 5.41) is 19.4. The molecule has 0 saturated heterocycles. The van der Waals surface area contributed by atoms with Gasteiger partial charge in [-0.05, 0) is 19.9 Å². The number of aromatic hydroxyl groups is 1. The number of pyridine rings is 1. The van der Waals surface area contributed by atoms with Crippen LogP contribution in [-0.4, -0.2) is 33.9 Å². The molecule has 7 heteroatoms. The van der Waals surface area contributed by atoms with Gasteiger partial charge in [0, 0.05) is 23.6 Å². The number of esters is 1. The number of aromatic nitrogens is 1. The standard InChI is InChI=1S/C15H15F2NO4/c1-3-22-15(21)10-6-18-13-8(4-7(2)19)12(17)11(16)5-9(13)14(10)20/h5-7,19H,3-4H2,1-2H3,(H,18,20). The van der Waals surface area contributed by atoms with Gasteiger partial charge in [-0.2, -0.15) is 0 Å². The molecule has 1 atom stereocenters. The van der Waals surface area contributed by atoms with Crippen LogP contribution in [0.15, 0.2) is 12.3 Å². The molecule has 0 bridgehead atoms. The molecular weight excluding hydrogens is 296 g/mol. The van der Waals surface area contributed by atoms with Gasteiger partial charge in [0.25, 0.3) is 0 Å². The van der Waals surface area contributed by atoms with Gasteiger partial charge in [-0.3, -0.25) is 4.98 Å². The maximum Gasteiger partial charge on any atom is 0.343 e. The molecule has 0 amide bonds. The highest BCUT2D eigenvalue weighted by Crippen LogP contribution is 2.32. The average Bonchev–Trinajstić information content (AvgIpc) is 2.45. The van der Waals surface area contributed by atoms with Crippen molar-refractivity contribution in [1.82, 2.24) is 4.98 Å². The molecule has 1 unspecified atom stereocenters. The third kappa shape index (κ3) is 2.85. The van der Waals surface area contributed by atoms with E-state index >= 15 is 0 Å². The fourth-order valence-corrected chi connectivity index (χ4v) is 2.17. The summed E-state index contributed by atoms with van der Waals surface area (Å²) in [5.41, 5.74) is -0.399. The lowest BCUT2D eigenvalue weighted by molar-refractivity contribution is 0.0523. The van der Waals surface area contributed by atoms with Crippen molar-refractivity contribution in [2.75, 3.05) is 6.61 Å². The van der Waals surface area contributed by atoms with Crippen molar-refractivity contribution in [2.24, 2.45) is 0 Å². The SMILES string of the molecule is CCOC(=O)c1cnc2c(CC(C)O)c(F)c(F)cc2c1O. The maximum atomic E-state index is 13.9. The summed E-state index contributed by atoms with van der Waals surface area (Å²) in [6.45, 7) is 3.11. The molecule has 2 aromatic rings. The van der Waals surface area contributed by atoms with Crippen molar-refractivity contribution < 1.29 is 28.5 Å². The number of carbonyl (C=O) groups is 1. The van der Waals surface area contributed by atoms with Crippen molar-refractivity contribution in [3.63, 3.8) is 0 Å². The van der Waals surface area contributed by atoms with Crippen LogP contribution in [0.1, 0.15) is 29.8 Å². The summed E-state index contributed by atoms with van der Waals surface area (Å²) in [7, 11) is 0. The third-order valence-corrected chi connectivity index (χ3v) is 3.11. The van der Waals surface area contributed by atoms with E-state index in [4.69, 9.17) is 4.74 Å². The molecule has 118 valence electrons. The molecular formula is C15H15F2NO4. The number of fused-ring (bicyclic) bond motifs is 1. The summed E-state index contributed by atoms with van der Waals surface area (Å²) >= 11 is 0. The summed E-state index contributed by atoms with van der Waals surface area (Å²) in [5.74, 6) is -3.67. The Morgan fingerprint density at radius 1 is 1.45 bits per heavy atom.